The van der Waals surface area contributed by atoms with E-state index in [0.717, 1.165) is 9.75 Å². The molecule has 0 saturated carbocycles. The lowest BCUT2D eigenvalue weighted by Gasteiger charge is -2.11. The van der Waals surface area contributed by atoms with E-state index in [4.69, 9.17) is 0 Å². The smallest absolute Gasteiger partial charge is 0.0883 e. The standard InChI is InChI=1S/C12H14O2S2/c13-9(11-3-1-7-15-11)5-6-10(14)12-4-2-8-16-12/h1-4,7-10,13-14H,5-6H2. The molecule has 2 aromatic heterocycles. The van der Waals surface area contributed by atoms with Gasteiger partial charge in [0.05, 0.1) is 12.2 Å². The third-order valence-corrected chi connectivity index (χ3v) is 4.40. The second-order valence-corrected chi connectivity index (χ2v) is 5.60. The molecular formula is C12H14O2S2. The maximum Gasteiger partial charge on any atom is 0.0883 e. The summed E-state index contributed by atoms with van der Waals surface area (Å²) in [6.45, 7) is 0. The van der Waals surface area contributed by atoms with E-state index < -0.39 is 12.2 Å². The van der Waals surface area contributed by atoms with Gasteiger partial charge in [0.1, 0.15) is 0 Å². The van der Waals surface area contributed by atoms with E-state index in [9.17, 15) is 10.2 Å². The average molecular weight is 254 g/mol. The van der Waals surface area contributed by atoms with E-state index in [1.165, 1.54) is 0 Å². The van der Waals surface area contributed by atoms with Crippen LogP contribution in [0.25, 0.3) is 0 Å². The third-order valence-electron chi connectivity index (χ3n) is 2.46. The molecule has 0 amide bonds. The molecule has 0 bridgehead atoms. The Morgan fingerprint density at radius 3 is 1.62 bits per heavy atom. The highest BCUT2D eigenvalue weighted by atomic mass is 32.1. The van der Waals surface area contributed by atoms with E-state index in [2.05, 4.69) is 0 Å². The summed E-state index contributed by atoms with van der Waals surface area (Å²) >= 11 is 3.10. The van der Waals surface area contributed by atoms with Crippen molar-refractivity contribution in [2.45, 2.75) is 25.0 Å². The van der Waals surface area contributed by atoms with Crippen LogP contribution in [0.4, 0.5) is 0 Å². The van der Waals surface area contributed by atoms with Crippen LogP contribution in [0.5, 0.6) is 0 Å². The molecule has 0 aromatic carbocycles. The Bertz CT molecular complexity index is 354. The molecule has 2 atom stereocenters. The number of aliphatic hydroxyl groups is 2. The van der Waals surface area contributed by atoms with Crippen LogP contribution in [0.1, 0.15) is 34.8 Å². The van der Waals surface area contributed by atoms with Gasteiger partial charge < -0.3 is 10.2 Å². The lowest BCUT2D eigenvalue weighted by atomic mass is 10.1. The van der Waals surface area contributed by atoms with Crippen molar-refractivity contribution in [3.8, 4) is 0 Å². The van der Waals surface area contributed by atoms with Gasteiger partial charge in [-0.1, -0.05) is 12.1 Å². The predicted molar refractivity (Wildman–Crippen MR) is 67.8 cm³/mol. The zero-order chi connectivity index (χ0) is 11.4. The fourth-order valence-electron chi connectivity index (χ4n) is 1.56. The van der Waals surface area contributed by atoms with Crippen LogP contribution in [-0.4, -0.2) is 10.2 Å². The summed E-state index contributed by atoms with van der Waals surface area (Å²) in [5.41, 5.74) is 0. The summed E-state index contributed by atoms with van der Waals surface area (Å²) in [4.78, 5) is 1.94. The first-order valence-electron chi connectivity index (χ1n) is 5.20. The lowest BCUT2D eigenvalue weighted by Crippen LogP contribution is -2.00. The molecule has 0 saturated heterocycles. The number of aliphatic hydroxyl groups excluding tert-OH is 2. The van der Waals surface area contributed by atoms with E-state index in [1.54, 1.807) is 22.7 Å². The minimum atomic E-state index is -0.449. The second kappa shape index (κ2) is 5.59. The van der Waals surface area contributed by atoms with Gasteiger partial charge in [-0.15, -0.1) is 22.7 Å². The van der Waals surface area contributed by atoms with Gasteiger partial charge >= 0.3 is 0 Å². The highest BCUT2D eigenvalue weighted by molar-refractivity contribution is 7.10. The Hall–Kier alpha value is -0.680. The van der Waals surface area contributed by atoms with E-state index >= 15 is 0 Å². The summed E-state index contributed by atoms with van der Waals surface area (Å²) < 4.78 is 0. The largest absolute Gasteiger partial charge is 0.388 e. The number of rotatable bonds is 5. The van der Waals surface area contributed by atoms with Gasteiger partial charge in [0, 0.05) is 9.75 Å². The van der Waals surface area contributed by atoms with Gasteiger partial charge in [-0.25, -0.2) is 0 Å². The quantitative estimate of drug-likeness (QED) is 0.859. The van der Waals surface area contributed by atoms with Crippen LogP contribution in [0.3, 0.4) is 0 Å². The predicted octanol–water partition coefficient (Wildman–Crippen LogP) is 3.36. The maximum atomic E-state index is 9.86. The molecule has 2 aromatic rings. The van der Waals surface area contributed by atoms with Crippen molar-refractivity contribution in [1.82, 2.24) is 0 Å². The van der Waals surface area contributed by atoms with Gasteiger partial charge in [-0.2, -0.15) is 0 Å². The molecule has 0 aliphatic carbocycles. The van der Waals surface area contributed by atoms with Crippen LogP contribution in [-0.2, 0) is 0 Å². The highest BCUT2D eigenvalue weighted by Gasteiger charge is 2.13. The Kier molecular flexibility index (Phi) is 4.12. The van der Waals surface area contributed by atoms with Crippen molar-refractivity contribution >= 4 is 22.7 Å². The Morgan fingerprint density at radius 1 is 0.875 bits per heavy atom. The third kappa shape index (κ3) is 2.92. The normalized spacial score (nSPS) is 14.9. The molecule has 0 radical (unpaired) electrons. The van der Waals surface area contributed by atoms with Crippen molar-refractivity contribution in [2.75, 3.05) is 0 Å². The topological polar surface area (TPSA) is 40.5 Å². The molecule has 16 heavy (non-hydrogen) atoms. The molecule has 2 N–H and O–H groups in total. The van der Waals surface area contributed by atoms with Crippen LogP contribution < -0.4 is 0 Å². The molecule has 4 heteroatoms. The molecule has 2 nitrogen and oxygen atoms in total. The van der Waals surface area contributed by atoms with E-state index in [1.807, 2.05) is 35.0 Å². The first kappa shape index (κ1) is 11.8. The van der Waals surface area contributed by atoms with Crippen molar-refractivity contribution in [3.63, 3.8) is 0 Å². The minimum Gasteiger partial charge on any atom is -0.388 e. The molecular weight excluding hydrogens is 240 g/mol. The minimum absolute atomic E-state index is 0.449. The average Bonchev–Trinajstić information content (AvgIpc) is 2.95. The Morgan fingerprint density at radius 2 is 1.31 bits per heavy atom. The molecule has 0 aliphatic rings. The van der Waals surface area contributed by atoms with Gasteiger partial charge in [0.15, 0.2) is 0 Å². The van der Waals surface area contributed by atoms with E-state index in [0.29, 0.717) is 12.8 Å². The number of hydrogen-bond acceptors (Lipinski definition) is 4. The van der Waals surface area contributed by atoms with Crippen LogP contribution >= 0.6 is 22.7 Å². The maximum absolute atomic E-state index is 9.86. The Balaban J connectivity index is 1.84. The molecule has 86 valence electrons. The number of thiophene rings is 2. The first-order valence-corrected chi connectivity index (χ1v) is 6.96. The van der Waals surface area contributed by atoms with Crippen molar-refractivity contribution in [3.05, 3.63) is 44.8 Å². The summed E-state index contributed by atoms with van der Waals surface area (Å²) in [5, 5.41) is 23.6. The van der Waals surface area contributed by atoms with Crippen molar-refractivity contribution in [1.29, 1.82) is 0 Å². The molecule has 2 unspecified atom stereocenters. The summed E-state index contributed by atoms with van der Waals surface area (Å²) in [6.07, 6.45) is 0.295. The van der Waals surface area contributed by atoms with Gasteiger partial charge in [0.2, 0.25) is 0 Å². The van der Waals surface area contributed by atoms with Crippen molar-refractivity contribution < 1.29 is 10.2 Å². The highest BCUT2D eigenvalue weighted by Crippen LogP contribution is 2.28. The monoisotopic (exact) mass is 254 g/mol. The SMILES string of the molecule is OC(CCC(O)c1cccs1)c1cccs1. The number of hydrogen-bond donors (Lipinski definition) is 2. The van der Waals surface area contributed by atoms with Gasteiger partial charge in [-0.05, 0) is 35.7 Å². The fourth-order valence-corrected chi connectivity index (χ4v) is 3.05. The fraction of sp³-hybridized carbons (Fsp3) is 0.333. The molecule has 2 rings (SSSR count). The Labute approximate surface area is 103 Å². The zero-order valence-corrected chi connectivity index (χ0v) is 10.4. The summed E-state index contributed by atoms with van der Waals surface area (Å²) in [6, 6.07) is 7.71. The lowest BCUT2D eigenvalue weighted by molar-refractivity contribution is 0.118. The zero-order valence-electron chi connectivity index (χ0n) is 8.74. The van der Waals surface area contributed by atoms with Crippen LogP contribution in [0.15, 0.2) is 35.0 Å². The van der Waals surface area contributed by atoms with E-state index in [-0.39, 0.29) is 0 Å². The van der Waals surface area contributed by atoms with Gasteiger partial charge in [-0.3, -0.25) is 0 Å². The van der Waals surface area contributed by atoms with Crippen LogP contribution in [0, 0.1) is 0 Å². The van der Waals surface area contributed by atoms with Crippen LogP contribution in [0.2, 0.25) is 0 Å². The first-order chi connectivity index (χ1) is 7.77. The second-order valence-electron chi connectivity index (χ2n) is 3.64. The molecule has 2 heterocycles. The summed E-state index contributed by atoms with van der Waals surface area (Å²) in [5.74, 6) is 0. The van der Waals surface area contributed by atoms with Gasteiger partial charge in [0.25, 0.3) is 0 Å². The van der Waals surface area contributed by atoms with Crippen molar-refractivity contribution in [2.24, 2.45) is 0 Å². The molecule has 0 aliphatic heterocycles. The molecule has 0 fully saturated rings. The molecule has 0 spiro atoms. The summed E-state index contributed by atoms with van der Waals surface area (Å²) in [7, 11) is 0.